The molecule has 2 amide bonds. The van der Waals surface area contributed by atoms with Crippen LogP contribution < -0.4 is 10.6 Å². The van der Waals surface area contributed by atoms with E-state index in [9.17, 15) is 9.59 Å². The molecule has 0 aliphatic carbocycles. The van der Waals surface area contributed by atoms with Gasteiger partial charge in [-0.1, -0.05) is 78.9 Å². The van der Waals surface area contributed by atoms with Crippen molar-refractivity contribution in [3.05, 3.63) is 132 Å². The average molecular weight is 479 g/mol. The normalized spacial score (nSPS) is 11.7. The molecule has 0 fully saturated rings. The number of thioether (sulfide) groups is 1. The number of carbonyl (C=O) groups excluding carboxylic acids is 2. The minimum absolute atomic E-state index is 0.0843. The number of nitrogens with one attached hydrogen (secondary N) is 2. The van der Waals surface area contributed by atoms with E-state index in [4.69, 9.17) is 0 Å². The first-order valence-corrected chi connectivity index (χ1v) is 12.2. The Labute approximate surface area is 210 Å². The number of hydrogen-bond acceptors (Lipinski definition) is 3. The summed E-state index contributed by atoms with van der Waals surface area (Å²) >= 11 is 1.47. The molecule has 0 bridgehead atoms. The zero-order valence-corrected chi connectivity index (χ0v) is 20.2. The molecule has 4 nitrogen and oxygen atoms in total. The van der Waals surface area contributed by atoms with Gasteiger partial charge in [-0.3, -0.25) is 9.59 Å². The number of hydrogen-bond donors (Lipinski definition) is 2. The van der Waals surface area contributed by atoms with Crippen molar-refractivity contribution in [2.24, 2.45) is 0 Å². The highest BCUT2D eigenvalue weighted by atomic mass is 32.2. The largest absolute Gasteiger partial charge is 0.325 e. The third-order valence-electron chi connectivity index (χ3n) is 5.35. The van der Waals surface area contributed by atoms with E-state index in [2.05, 4.69) is 10.6 Å². The zero-order valence-electron chi connectivity index (χ0n) is 19.3. The number of amides is 2. The highest BCUT2D eigenvalue weighted by Crippen LogP contribution is 2.37. The Hall–Kier alpha value is -4.09. The highest BCUT2D eigenvalue weighted by Gasteiger charge is 2.22. The van der Waals surface area contributed by atoms with Crippen molar-refractivity contribution in [3.63, 3.8) is 0 Å². The van der Waals surface area contributed by atoms with Gasteiger partial charge in [0, 0.05) is 22.3 Å². The van der Waals surface area contributed by atoms with E-state index < -0.39 is 5.25 Å². The number of carbonyl (C=O) groups is 2. The lowest BCUT2D eigenvalue weighted by Gasteiger charge is -2.18. The summed E-state index contributed by atoms with van der Waals surface area (Å²) in [5, 5.41) is 5.52. The maximum absolute atomic E-state index is 13.3. The quantitative estimate of drug-likeness (QED) is 0.209. The first-order valence-electron chi connectivity index (χ1n) is 11.3. The molecule has 0 radical (unpaired) electrons. The number of benzene rings is 4. The molecule has 2 N–H and O–H groups in total. The molecule has 0 aliphatic rings. The molecule has 35 heavy (non-hydrogen) atoms. The van der Waals surface area contributed by atoms with Crippen LogP contribution in [0.15, 0.2) is 120 Å². The van der Waals surface area contributed by atoms with Crippen molar-refractivity contribution in [2.75, 3.05) is 10.6 Å². The summed E-state index contributed by atoms with van der Waals surface area (Å²) in [6.07, 6.45) is 3.29. The van der Waals surface area contributed by atoms with Crippen LogP contribution in [0.25, 0.3) is 6.08 Å². The van der Waals surface area contributed by atoms with Crippen LogP contribution in [-0.2, 0) is 9.59 Å². The molecule has 0 heterocycles. The van der Waals surface area contributed by atoms with Crippen molar-refractivity contribution in [2.45, 2.75) is 17.1 Å². The Kier molecular flexibility index (Phi) is 8.15. The molecule has 5 heteroatoms. The first-order chi connectivity index (χ1) is 17.1. The van der Waals surface area contributed by atoms with Gasteiger partial charge in [0.15, 0.2) is 0 Å². The SMILES string of the molecule is Cc1ccccc1NC(=O)C(Sc1ccc(NC(=O)/C=C/c2ccccc2)cc1)c1ccccc1. The fourth-order valence-electron chi connectivity index (χ4n) is 3.49. The summed E-state index contributed by atoms with van der Waals surface area (Å²) in [7, 11) is 0. The number of aryl methyl sites for hydroxylation is 1. The third-order valence-corrected chi connectivity index (χ3v) is 6.61. The minimum atomic E-state index is -0.426. The zero-order chi connectivity index (χ0) is 24.5. The maximum Gasteiger partial charge on any atom is 0.248 e. The smallest absolute Gasteiger partial charge is 0.248 e. The number of rotatable bonds is 8. The molecule has 0 saturated carbocycles. The first kappa shape index (κ1) is 24.0. The topological polar surface area (TPSA) is 58.2 Å². The molecule has 174 valence electrons. The van der Waals surface area contributed by atoms with E-state index in [0.717, 1.165) is 27.3 Å². The molecule has 0 aliphatic heterocycles. The minimum Gasteiger partial charge on any atom is -0.325 e. The van der Waals surface area contributed by atoms with Crippen molar-refractivity contribution < 1.29 is 9.59 Å². The Bertz CT molecular complexity index is 1300. The van der Waals surface area contributed by atoms with Crippen molar-refractivity contribution >= 4 is 41.0 Å². The standard InChI is InChI=1S/C30H26N2O2S/c1-22-10-8-9-15-27(22)32-30(34)29(24-13-6-3-7-14-24)35-26-19-17-25(18-20-26)31-28(33)21-16-23-11-4-2-5-12-23/h2-21,29H,1H3,(H,31,33)(H,32,34)/b21-16+. The van der Waals surface area contributed by atoms with Gasteiger partial charge in [0.05, 0.1) is 0 Å². The predicted octanol–water partition coefficient (Wildman–Crippen LogP) is 7.12. The van der Waals surface area contributed by atoms with Crippen LogP contribution in [0.2, 0.25) is 0 Å². The van der Waals surface area contributed by atoms with Gasteiger partial charge in [-0.2, -0.15) is 0 Å². The number of anilines is 2. The Morgan fingerprint density at radius 2 is 1.37 bits per heavy atom. The van der Waals surface area contributed by atoms with Gasteiger partial charge in [-0.25, -0.2) is 0 Å². The van der Waals surface area contributed by atoms with Gasteiger partial charge in [0.2, 0.25) is 11.8 Å². The maximum atomic E-state index is 13.3. The van der Waals surface area contributed by atoms with E-state index in [-0.39, 0.29) is 11.8 Å². The Balaban J connectivity index is 1.44. The van der Waals surface area contributed by atoms with Crippen LogP contribution in [0.1, 0.15) is 21.9 Å². The van der Waals surface area contributed by atoms with Gasteiger partial charge < -0.3 is 10.6 Å². The highest BCUT2D eigenvalue weighted by molar-refractivity contribution is 8.00. The fraction of sp³-hybridized carbons (Fsp3) is 0.0667. The van der Waals surface area contributed by atoms with Gasteiger partial charge in [-0.15, -0.1) is 11.8 Å². The molecule has 1 atom stereocenters. The van der Waals surface area contributed by atoms with Crippen molar-refractivity contribution in [1.29, 1.82) is 0 Å². The molecule has 4 aromatic carbocycles. The van der Waals surface area contributed by atoms with E-state index in [1.807, 2.05) is 116 Å². The van der Waals surface area contributed by atoms with Crippen LogP contribution in [0, 0.1) is 6.92 Å². The summed E-state index contributed by atoms with van der Waals surface area (Å²) in [5.41, 5.74) is 4.40. The molecule has 0 saturated heterocycles. The number of para-hydroxylation sites is 1. The fourth-order valence-corrected chi connectivity index (χ4v) is 4.51. The molecule has 4 rings (SSSR count). The molecule has 1 unspecified atom stereocenters. The Morgan fingerprint density at radius 3 is 2.06 bits per heavy atom. The monoisotopic (exact) mass is 478 g/mol. The molecular formula is C30H26N2O2S. The lowest BCUT2D eigenvalue weighted by atomic mass is 10.1. The average Bonchev–Trinajstić information content (AvgIpc) is 2.89. The van der Waals surface area contributed by atoms with Gasteiger partial charge in [-0.05, 0) is 60.0 Å². The molecule has 4 aromatic rings. The second-order valence-electron chi connectivity index (χ2n) is 7.97. The summed E-state index contributed by atoms with van der Waals surface area (Å²) in [6.45, 7) is 1.97. The van der Waals surface area contributed by atoms with Crippen molar-refractivity contribution in [3.8, 4) is 0 Å². The second kappa shape index (κ2) is 11.9. The van der Waals surface area contributed by atoms with Crippen molar-refractivity contribution in [1.82, 2.24) is 0 Å². The summed E-state index contributed by atoms with van der Waals surface area (Å²) in [6, 6.07) is 34.7. The third kappa shape index (κ3) is 6.95. The van der Waals surface area contributed by atoms with E-state index >= 15 is 0 Å². The van der Waals surface area contributed by atoms with Crippen LogP contribution in [-0.4, -0.2) is 11.8 Å². The van der Waals surface area contributed by atoms with Crippen LogP contribution in [0.4, 0.5) is 11.4 Å². The second-order valence-corrected chi connectivity index (χ2v) is 9.15. The van der Waals surface area contributed by atoms with Gasteiger partial charge in [0.25, 0.3) is 0 Å². The van der Waals surface area contributed by atoms with Gasteiger partial charge in [0.1, 0.15) is 5.25 Å². The van der Waals surface area contributed by atoms with Crippen LogP contribution in [0.3, 0.4) is 0 Å². The van der Waals surface area contributed by atoms with E-state index in [0.29, 0.717) is 5.69 Å². The lowest BCUT2D eigenvalue weighted by molar-refractivity contribution is -0.116. The Morgan fingerprint density at radius 1 is 0.743 bits per heavy atom. The molecule has 0 spiro atoms. The molecular weight excluding hydrogens is 452 g/mol. The predicted molar refractivity (Wildman–Crippen MR) is 145 cm³/mol. The van der Waals surface area contributed by atoms with E-state index in [1.165, 1.54) is 17.8 Å². The summed E-state index contributed by atoms with van der Waals surface area (Å²) in [4.78, 5) is 26.5. The molecule has 0 aromatic heterocycles. The lowest BCUT2D eigenvalue weighted by Crippen LogP contribution is -2.19. The van der Waals surface area contributed by atoms with E-state index in [1.54, 1.807) is 6.08 Å². The van der Waals surface area contributed by atoms with Crippen LogP contribution in [0.5, 0.6) is 0 Å². The van der Waals surface area contributed by atoms with Crippen LogP contribution >= 0.6 is 11.8 Å². The summed E-state index contributed by atoms with van der Waals surface area (Å²) in [5.74, 6) is -0.284. The van der Waals surface area contributed by atoms with Gasteiger partial charge >= 0.3 is 0 Å². The summed E-state index contributed by atoms with van der Waals surface area (Å²) < 4.78 is 0.